The first-order valence-electron chi connectivity index (χ1n) is 8.50. The van der Waals surface area contributed by atoms with Crippen molar-refractivity contribution in [1.29, 1.82) is 0 Å². The summed E-state index contributed by atoms with van der Waals surface area (Å²) in [6.07, 6.45) is 5.21. The van der Waals surface area contributed by atoms with Crippen LogP contribution in [0.5, 0.6) is 0 Å². The fourth-order valence-electron chi connectivity index (χ4n) is 3.41. The second-order valence-electron chi connectivity index (χ2n) is 6.36. The van der Waals surface area contributed by atoms with Crippen molar-refractivity contribution in [2.45, 2.75) is 32.2 Å². The van der Waals surface area contributed by atoms with E-state index >= 15 is 0 Å². The molecule has 3 rings (SSSR count). The minimum Gasteiger partial charge on any atom is -0.379 e. The zero-order valence-electron chi connectivity index (χ0n) is 13.1. The fourth-order valence-corrected chi connectivity index (χ4v) is 3.41. The summed E-state index contributed by atoms with van der Waals surface area (Å²) in [6.45, 7) is 8.93. The van der Waals surface area contributed by atoms with Gasteiger partial charge in [-0.15, -0.1) is 0 Å². The van der Waals surface area contributed by atoms with Gasteiger partial charge in [-0.1, -0.05) is 24.3 Å². The van der Waals surface area contributed by atoms with E-state index in [0.717, 1.165) is 32.8 Å². The van der Waals surface area contributed by atoms with Gasteiger partial charge in [0.15, 0.2) is 0 Å². The van der Waals surface area contributed by atoms with E-state index in [-0.39, 0.29) is 0 Å². The molecule has 0 aliphatic carbocycles. The first-order valence-corrected chi connectivity index (χ1v) is 8.50. The largest absolute Gasteiger partial charge is 0.379 e. The van der Waals surface area contributed by atoms with E-state index in [1.165, 1.54) is 56.4 Å². The van der Waals surface area contributed by atoms with Crippen molar-refractivity contribution >= 4 is 0 Å². The molecular formula is C18H28N2O. The van der Waals surface area contributed by atoms with Crippen molar-refractivity contribution in [3.8, 4) is 0 Å². The van der Waals surface area contributed by atoms with E-state index in [2.05, 4.69) is 34.1 Å². The second kappa shape index (κ2) is 7.92. The van der Waals surface area contributed by atoms with Crippen LogP contribution in [0.1, 0.15) is 30.4 Å². The monoisotopic (exact) mass is 288 g/mol. The summed E-state index contributed by atoms with van der Waals surface area (Å²) >= 11 is 0. The van der Waals surface area contributed by atoms with E-state index in [1.807, 2.05) is 0 Å². The van der Waals surface area contributed by atoms with Crippen molar-refractivity contribution < 1.29 is 4.74 Å². The van der Waals surface area contributed by atoms with Gasteiger partial charge in [0.1, 0.15) is 0 Å². The Hall–Kier alpha value is -0.900. The van der Waals surface area contributed by atoms with E-state index in [1.54, 1.807) is 0 Å². The molecule has 116 valence electrons. The first-order chi connectivity index (χ1) is 10.4. The normalized spacial score (nSPS) is 21.0. The highest BCUT2D eigenvalue weighted by Gasteiger charge is 2.12. The van der Waals surface area contributed by atoms with Crippen LogP contribution in [0.4, 0.5) is 0 Å². The molecule has 0 aromatic heterocycles. The lowest BCUT2D eigenvalue weighted by Crippen LogP contribution is -2.36. The maximum Gasteiger partial charge on any atom is 0.0594 e. The number of morpholine rings is 1. The van der Waals surface area contributed by atoms with Crippen molar-refractivity contribution in [2.24, 2.45) is 0 Å². The molecule has 21 heavy (non-hydrogen) atoms. The third-order valence-electron chi connectivity index (χ3n) is 4.64. The lowest BCUT2D eigenvalue weighted by molar-refractivity contribution is 0.0374. The summed E-state index contributed by atoms with van der Waals surface area (Å²) in [7, 11) is 0. The van der Waals surface area contributed by atoms with Gasteiger partial charge in [0.25, 0.3) is 0 Å². The quantitative estimate of drug-likeness (QED) is 0.800. The molecule has 0 saturated carbocycles. The van der Waals surface area contributed by atoms with Gasteiger partial charge in [-0.05, 0) is 56.4 Å². The number of aryl methyl sites for hydroxylation is 1. The zero-order valence-corrected chi connectivity index (χ0v) is 13.1. The molecule has 0 atom stereocenters. The van der Waals surface area contributed by atoms with Gasteiger partial charge in [-0.25, -0.2) is 0 Å². The number of likely N-dealkylation sites (tertiary alicyclic amines) is 1. The van der Waals surface area contributed by atoms with Crippen LogP contribution in [0.3, 0.4) is 0 Å². The Kier molecular flexibility index (Phi) is 5.67. The number of benzene rings is 1. The van der Waals surface area contributed by atoms with Crippen LogP contribution in [-0.2, 0) is 17.7 Å². The molecule has 0 spiro atoms. The van der Waals surface area contributed by atoms with Gasteiger partial charge in [0, 0.05) is 19.6 Å². The van der Waals surface area contributed by atoms with Gasteiger partial charge in [0.05, 0.1) is 13.2 Å². The maximum atomic E-state index is 5.40. The standard InChI is InChI=1S/C18H28N2O/c1-2-9-20(8-1)16-18-6-3-5-17(15-18)7-4-10-19-11-13-21-14-12-19/h3,5-6,15H,1-2,4,7-14,16H2. The summed E-state index contributed by atoms with van der Waals surface area (Å²) in [4.78, 5) is 5.10. The van der Waals surface area contributed by atoms with Gasteiger partial charge in [-0.2, -0.15) is 0 Å². The third-order valence-corrected chi connectivity index (χ3v) is 4.64. The van der Waals surface area contributed by atoms with Gasteiger partial charge >= 0.3 is 0 Å². The highest BCUT2D eigenvalue weighted by atomic mass is 16.5. The topological polar surface area (TPSA) is 15.7 Å². The number of nitrogens with zero attached hydrogens (tertiary/aromatic N) is 2. The molecule has 2 aliphatic heterocycles. The molecule has 0 unspecified atom stereocenters. The first kappa shape index (κ1) is 15.0. The number of ether oxygens (including phenoxy) is 1. The van der Waals surface area contributed by atoms with E-state index < -0.39 is 0 Å². The summed E-state index contributed by atoms with van der Waals surface area (Å²) < 4.78 is 5.40. The molecule has 0 bridgehead atoms. The van der Waals surface area contributed by atoms with Crippen LogP contribution >= 0.6 is 0 Å². The van der Waals surface area contributed by atoms with Gasteiger partial charge in [0.2, 0.25) is 0 Å². The molecule has 3 heteroatoms. The highest BCUT2D eigenvalue weighted by Crippen LogP contribution is 2.14. The Bertz CT molecular complexity index is 423. The second-order valence-corrected chi connectivity index (χ2v) is 6.36. The lowest BCUT2D eigenvalue weighted by Gasteiger charge is -2.26. The summed E-state index contributed by atoms with van der Waals surface area (Å²) in [6, 6.07) is 9.21. The number of hydrogen-bond donors (Lipinski definition) is 0. The highest BCUT2D eigenvalue weighted by molar-refractivity contribution is 5.23. The predicted octanol–water partition coefficient (Wildman–Crippen LogP) is 2.55. The average molecular weight is 288 g/mol. The Morgan fingerprint density at radius 1 is 0.905 bits per heavy atom. The molecule has 0 N–H and O–H groups in total. The Morgan fingerprint density at radius 3 is 2.48 bits per heavy atom. The summed E-state index contributed by atoms with van der Waals surface area (Å²) in [5.41, 5.74) is 2.99. The van der Waals surface area contributed by atoms with Crippen molar-refractivity contribution in [1.82, 2.24) is 9.80 Å². The number of rotatable bonds is 6. The van der Waals surface area contributed by atoms with Crippen molar-refractivity contribution in [3.05, 3.63) is 35.4 Å². The molecule has 1 aromatic carbocycles. The third kappa shape index (κ3) is 4.80. The van der Waals surface area contributed by atoms with Gasteiger partial charge in [-0.3, -0.25) is 9.80 Å². The van der Waals surface area contributed by atoms with Crippen LogP contribution in [0, 0.1) is 0 Å². The minimum atomic E-state index is 0.908. The Morgan fingerprint density at radius 2 is 1.67 bits per heavy atom. The minimum absolute atomic E-state index is 0.908. The molecule has 2 saturated heterocycles. The van der Waals surface area contributed by atoms with Crippen LogP contribution < -0.4 is 0 Å². The lowest BCUT2D eigenvalue weighted by atomic mass is 10.1. The van der Waals surface area contributed by atoms with Gasteiger partial charge < -0.3 is 4.74 Å². The molecule has 2 fully saturated rings. The molecule has 2 aliphatic rings. The Labute approximate surface area is 128 Å². The van der Waals surface area contributed by atoms with E-state index in [0.29, 0.717) is 0 Å². The molecule has 0 radical (unpaired) electrons. The predicted molar refractivity (Wildman–Crippen MR) is 86.5 cm³/mol. The Balaban J connectivity index is 1.44. The van der Waals surface area contributed by atoms with Crippen molar-refractivity contribution in [2.75, 3.05) is 45.9 Å². The molecule has 2 heterocycles. The molecule has 1 aromatic rings. The smallest absolute Gasteiger partial charge is 0.0594 e. The summed E-state index contributed by atoms with van der Waals surface area (Å²) in [5, 5.41) is 0. The van der Waals surface area contributed by atoms with Crippen LogP contribution in [0.15, 0.2) is 24.3 Å². The maximum absolute atomic E-state index is 5.40. The van der Waals surface area contributed by atoms with Crippen LogP contribution in [-0.4, -0.2) is 55.7 Å². The van der Waals surface area contributed by atoms with Crippen LogP contribution in [0.25, 0.3) is 0 Å². The van der Waals surface area contributed by atoms with E-state index in [9.17, 15) is 0 Å². The van der Waals surface area contributed by atoms with E-state index in [4.69, 9.17) is 4.74 Å². The zero-order chi connectivity index (χ0) is 14.3. The fraction of sp³-hybridized carbons (Fsp3) is 0.667. The van der Waals surface area contributed by atoms with Crippen molar-refractivity contribution in [3.63, 3.8) is 0 Å². The number of hydrogen-bond acceptors (Lipinski definition) is 3. The SMILES string of the molecule is c1cc(CCCN2CCOCC2)cc(CN2CCCC2)c1. The van der Waals surface area contributed by atoms with Crippen LogP contribution in [0.2, 0.25) is 0 Å². The summed E-state index contributed by atoms with van der Waals surface area (Å²) in [5.74, 6) is 0. The average Bonchev–Trinajstić information content (AvgIpc) is 3.02. The molecule has 0 amide bonds. The molecule has 3 nitrogen and oxygen atoms in total. The molecular weight excluding hydrogens is 260 g/mol.